The first-order valence-corrected chi connectivity index (χ1v) is 5.93. The second kappa shape index (κ2) is 4.59. The van der Waals surface area contributed by atoms with Crippen molar-refractivity contribution in [3.63, 3.8) is 0 Å². The fourth-order valence-electron chi connectivity index (χ4n) is 2.40. The lowest BCUT2D eigenvalue weighted by Gasteiger charge is -2.19. The number of hydrogen-bond acceptors (Lipinski definition) is 3. The van der Waals surface area contributed by atoms with Crippen LogP contribution in [-0.4, -0.2) is 28.9 Å². The molecular weight excluding hydrogens is 236 g/mol. The maximum absolute atomic E-state index is 12.0. The Bertz CT molecular complexity index is 390. The van der Waals surface area contributed by atoms with Gasteiger partial charge in [0.25, 0.3) is 0 Å². The van der Waals surface area contributed by atoms with Crippen molar-refractivity contribution >= 4 is 17.8 Å². The van der Waals surface area contributed by atoms with E-state index < -0.39 is 41.1 Å². The highest BCUT2D eigenvalue weighted by atomic mass is 16.4. The lowest BCUT2D eigenvalue weighted by atomic mass is 10.0. The average Bonchev–Trinajstić information content (AvgIpc) is 2.76. The minimum absolute atomic E-state index is 0.128. The first-order chi connectivity index (χ1) is 8.10. The molecule has 6 heteroatoms. The zero-order chi connectivity index (χ0) is 14.2. The zero-order valence-electron chi connectivity index (χ0n) is 11.1. The predicted octanol–water partition coefficient (Wildman–Crippen LogP) is -0.0307. The molecule has 0 aliphatic heterocycles. The molecule has 1 rings (SSSR count). The van der Waals surface area contributed by atoms with Crippen molar-refractivity contribution in [1.82, 2.24) is 5.32 Å². The van der Waals surface area contributed by atoms with Gasteiger partial charge in [-0.05, 0) is 11.3 Å². The van der Waals surface area contributed by atoms with Crippen molar-refractivity contribution in [2.24, 2.45) is 28.9 Å². The number of carbonyl (C=O) groups excluding carboxylic acids is 2. The van der Waals surface area contributed by atoms with E-state index in [0.717, 1.165) is 0 Å². The van der Waals surface area contributed by atoms with Crippen LogP contribution in [0.15, 0.2) is 0 Å². The van der Waals surface area contributed by atoms with E-state index in [1.54, 1.807) is 27.7 Å². The zero-order valence-corrected chi connectivity index (χ0v) is 11.1. The van der Waals surface area contributed by atoms with Crippen LogP contribution in [0.2, 0.25) is 0 Å². The van der Waals surface area contributed by atoms with Gasteiger partial charge in [0.15, 0.2) is 0 Å². The molecule has 0 heterocycles. The molecule has 0 aromatic carbocycles. The topological polar surface area (TPSA) is 109 Å². The van der Waals surface area contributed by atoms with E-state index in [2.05, 4.69) is 5.32 Å². The van der Waals surface area contributed by atoms with Gasteiger partial charge in [0.1, 0.15) is 6.04 Å². The largest absolute Gasteiger partial charge is 0.481 e. The van der Waals surface area contributed by atoms with Gasteiger partial charge in [-0.1, -0.05) is 27.7 Å². The van der Waals surface area contributed by atoms with Crippen LogP contribution in [0.3, 0.4) is 0 Å². The summed E-state index contributed by atoms with van der Waals surface area (Å²) >= 11 is 0. The van der Waals surface area contributed by atoms with E-state index in [1.165, 1.54) is 0 Å². The van der Waals surface area contributed by atoms with Crippen LogP contribution in [0.1, 0.15) is 27.7 Å². The lowest BCUT2D eigenvalue weighted by molar-refractivity contribution is -0.140. The molecule has 6 nitrogen and oxygen atoms in total. The Labute approximate surface area is 106 Å². The van der Waals surface area contributed by atoms with E-state index >= 15 is 0 Å². The highest BCUT2D eigenvalue weighted by Crippen LogP contribution is 2.58. The molecule has 102 valence electrons. The summed E-state index contributed by atoms with van der Waals surface area (Å²) in [5.74, 6) is -3.43. The van der Waals surface area contributed by atoms with E-state index in [0.29, 0.717) is 0 Å². The van der Waals surface area contributed by atoms with Crippen LogP contribution in [0.4, 0.5) is 0 Å². The van der Waals surface area contributed by atoms with Gasteiger partial charge in [-0.15, -0.1) is 0 Å². The van der Waals surface area contributed by atoms with Crippen molar-refractivity contribution in [3.8, 4) is 0 Å². The molecule has 18 heavy (non-hydrogen) atoms. The number of carboxylic acids is 1. The smallest absolute Gasteiger partial charge is 0.307 e. The fourth-order valence-corrected chi connectivity index (χ4v) is 2.40. The van der Waals surface area contributed by atoms with Crippen molar-refractivity contribution in [3.05, 3.63) is 0 Å². The van der Waals surface area contributed by atoms with Gasteiger partial charge >= 0.3 is 5.97 Å². The van der Waals surface area contributed by atoms with Crippen LogP contribution in [0, 0.1) is 23.2 Å². The van der Waals surface area contributed by atoms with Gasteiger partial charge < -0.3 is 16.2 Å². The number of carbonyl (C=O) groups is 3. The molecule has 0 spiro atoms. The second-order valence-corrected chi connectivity index (χ2v) is 5.75. The monoisotopic (exact) mass is 256 g/mol. The molecule has 0 saturated heterocycles. The maximum Gasteiger partial charge on any atom is 0.307 e. The molecule has 3 unspecified atom stereocenters. The number of hydrogen-bond donors (Lipinski definition) is 3. The van der Waals surface area contributed by atoms with Gasteiger partial charge in [-0.2, -0.15) is 0 Å². The molecule has 2 amide bonds. The van der Waals surface area contributed by atoms with Crippen LogP contribution in [0.5, 0.6) is 0 Å². The molecule has 1 saturated carbocycles. The summed E-state index contributed by atoms with van der Waals surface area (Å²) in [7, 11) is 0. The third-order valence-electron chi connectivity index (χ3n) is 3.65. The Morgan fingerprint density at radius 3 is 2.00 bits per heavy atom. The summed E-state index contributed by atoms with van der Waals surface area (Å²) in [6.07, 6.45) is 0. The van der Waals surface area contributed by atoms with Crippen molar-refractivity contribution in [2.45, 2.75) is 33.7 Å². The van der Waals surface area contributed by atoms with E-state index in [4.69, 9.17) is 10.8 Å². The number of nitrogens with two attached hydrogens (primary N) is 1. The molecular formula is C12H20N2O4. The van der Waals surface area contributed by atoms with Crippen LogP contribution in [0.25, 0.3) is 0 Å². The highest BCUT2D eigenvalue weighted by molar-refractivity contribution is 5.94. The van der Waals surface area contributed by atoms with Crippen LogP contribution in [-0.2, 0) is 14.4 Å². The lowest BCUT2D eigenvalue weighted by Crippen LogP contribution is -2.48. The minimum Gasteiger partial charge on any atom is -0.481 e. The summed E-state index contributed by atoms with van der Waals surface area (Å²) < 4.78 is 0. The number of rotatable bonds is 5. The van der Waals surface area contributed by atoms with E-state index in [-0.39, 0.29) is 5.92 Å². The minimum atomic E-state index is -0.986. The summed E-state index contributed by atoms with van der Waals surface area (Å²) in [5.41, 5.74) is 4.62. The van der Waals surface area contributed by atoms with Crippen molar-refractivity contribution in [1.29, 1.82) is 0 Å². The fraction of sp³-hybridized carbons (Fsp3) is 0.750. The molecule has 4 N–H and O–H groups in total. The van der Waals surface area contributed by atoms with Gasteiger partial charge in [0.2, 0.25) is 11.8 Å². The Balaban J connectivity index is 2.73. The number of primary amides is 1. The van der Waals surface area contributed by atoms with Crippen molar-refractivity contribution < 1.29 is 19.5 Å². The molecule has 1 aliphatic rings. The normalized spacial score (nSPS) is 26.5. The third kappa shape index (κ3) is 2.47. The van der Waals surface area contributed by atoms with Gasteiger partial charge in [-0.3, -0.25) is 14.4 Å². The summed E-state index contributed by atoms with van der Waals surface area (Å²) in [6, 6.07) is -0.761. The number of aliphatic carboxylic acids is 1. The van der Waals surface area contributed by atoms with Gasteiger partial charge in [0.05, 0.1) is 11.8 Å². The molecule has 0 radical (unpaired) electrons. The standard InChI is InChI=1S/C12H20N2O4/c1-5(2)8(9(13)15)14-10(16)6-7(11(17)18)12(6,3)4/h5-8H,1-4H3,(H2,13,15)(H,14,16)(H,17,18). The predicted molar refractivity (Wildman–Crippen MR) is 64.4 cm³/mol. The van der Waals surface area contributed by atoms with Gasteiger partial charge in [0, 0.05) is 0 Å². The Morgan fingerprint density at radius 1 is 1.22 bits per heavy atom. The summed E-state index contributed by atoms with van der Waals surface area (Å²) in [5, 5.41) is 11.5. The van der Waals surface area contributed by atoms with E-state index in [1.807, 2.05) is 0 Å². The first-order valence-electron chi connectivity index (χ1n) is 5.93. The van der Waals surface area contributed by atoms with Crippen molar-refractivity contribution in [2.75, 3.05) is 0 Å². The summed E-state index contributed by atoms with van der Waals surface area (Å²) in [6.45, 7) is 6.99. The Hall–Kier alpha value is -1.59. The molecule has 3 atom stereocenters. The molecule has 0 bridgehead atoms. The van der Waals surface area contributed by atoms with Crippen LogP contribution < -0.4 is 11.1 Å². The highest BCUT2D eigenvalue weighted by Gasteiger charge is 2.66. The number of amides is 2. The maximum atomic E-state index is 12.0. The molecule has 1 aliphatic carbocycles. The van der Waals surface area contributed by atoms with E-state index in [9.17, 15) is 14.4 Å². The Kier molecular flexibility index (Phi) is 3.69. The molecule has 0 aromatic heterocycles. The van der Waals surface area contributed by atoms with Gasteiger partial charge in [-0.25, -0.2) is 0 Å². The second-order valence-electron chi connectivity index (χ2n) is 5.75. The molecule has 1 fully saturated rings. The third-order valence-corrected chi connectivity index (χ3v) is 3.65. The number of nitrogens with one attached hydrogen (secondary N) is 1. The SMILES string of the molecule is CC(C)C(NC(=O)C1C(C(=O)O)C1(C)C)C(N)=O. The Morgan fingerprint density at radius 2 is 1.72 bits per heavy atom. The first kappa shape index (κ1) is 14.5. The average molecular weight is 256 g/mol. The quantitative estimate of drug-likeness (QED) is 0.641. The van der Waals surface area contributed by atoms with Crippen LogP contribution >= 0.6 is 0 Å². The molecule has 0 aromatic rings. The number of carboxylic acid groups (broad SMARTS) is 1. The summed E-state index contributed by atoms with van der Waals surface area (Å²) in [4.78, 5) is 34.1.